The Morgan fingerprint density at radius 3 is 2.80 bits per heavy atom. The van der Waals surface area contributed by atoms with Crippen molar-refractivity contribution in [2.45, 2.75) is 13.5 Å². The Bertz CT molecular complexity index is 900. The van der Waals surface area contributed by atoms with Crippen LogP contribution >= 0.6 is 11.6 Å². The smallest absolute Gasteiger partial charge is 0.249 e. The van der Waals surface area contributed by atoms with Crippen molar-refractivity contribution in [2.24, 2.45) is 0 Å². The van der Waals surface area contributed by atoms with Gasteiger partial charge in [0.15, 0.2) is 11.6 Å². The molecule has 0 bridgehead atoms. The van der Waals surface area contributed by atoms with Crippen LogP contribution in [0.3, 0.4) is 0 Å². The van der Waals surface area contributed by atoms with Crippen LogP contribution in [0.15, 0.2) is 54.7 Å². The Morgan fingerprint density at radius 1 is 1.16 bits per heavy atom. The van der Waals surface area contributed by atoms with Crippen molar-refractivity contribution >= 4 is 34.8 Å². The molecule has 2 aromatic carbocycles. The highest BCUT2D eigenvalue weighted by atomic mass is 35.5. The van der Waals surface area contributed by atoms with Crippen LogP contribution in [0, 0.1) is 0 Å². The number of anilines is 3. The number of rotatable bonds is 6. The minimum absolute atomic E-state index is 0.00199. The van der Waals surface area contributed by atoms with Gasteiger partial charge in [0.05, 0.1) is 6.20 Å². The average Bonchev–Trinajstić information content (AvgIpc) is 2.61. The molecule has 0 saturated carbocycles. The summed E-state index contributed by atoms with van der Waals surface area (Å²) in [7, 11) is 0. The van der Waals surface area contributed by atoms with E-state index < -0.39 is 0 Å². The Kier molecular flexibility index (Phi) is 5.20. The van der Waals surface area contributed by atoms with E-state index in [1.54, 1.807) is 18.2 Å². The molecule has 0 unspecified atom stereocenters. The van der Waals surface area contributed by atoms with Gasteiger partial charge in [-0.1, -0.05) is 41.9 Å². The van der Waals surface area contributed by atoms with Crippen molar-refractivity contribution in [3.63, 3.8) is 0 Å². The monoisotopic (exact) mass is 353 g/mol. The number of hydrogen-bond acceptors (Lipinski definition) is 6. The summed E-state index contributed by atoms with van der Waals surface area (Å²) in [5.41, 5.74) is 2.30. The number of nitrogens with zero attached hydrogens (tertiary/aromatic N) is 3. The zero-order chi connectivity index (χ0) is 17.6. The van der Waals surface area contributed by atoms with Crippen LogP contribution < -0.4 is 10.6 Å². The maximum Gasteiger partial charge on any atom is 0.249 e. The molecule has 6 nitrogen and oxygen atoms in total. The standard InChI is InChI=1S/C18H16ClN5O/c1-12(25)13-6-4-7-15(9-13)22-18-23-17(11-21-24-18)20-10-14-5-2-3-8-16(14)19/h2-9,11H,10H2,1H3,(H2,20,22,23,24). The Labute approximate surface area is 150 Å². The van der Waals surface area contributed by atoms with Crippen molar-refractivity contribution in [1.82, 2.24) is 15.2 Å². The van der Waals surface area contributed by atoms with E-state index in [4.69, 9.17) is 11.6 Å². The van der Waals surface area contributed by atoms with Crippen molar-refractivity contribution in [1.29, 1.82) is 0 Å². The van der Waals surface area contributed by atoms with E-state index in [9.17, 15) is 4.79 Å². The van der Waals surface area contributed by atoms with Crippen LogP contribution in [0.4, 0.5) is 17.5 Å². The molecule has 0 radical (unpaired) electrons. The highest BCUT2D eigenvalue weighted by molar-refractivity contribution is 6.31. The highest BCUT2D eigenvalue weighted by Gasteiger charge is 2.05. The molecule has 1 aromatic heterocycles. The van der Waals surface area contributed by atoms with Gasteiger partial charge < -0.3 is 10.6 Å². The molecular formula is C18H16ClN5O. The molecule has 1 heterocycles. The third-order valence-corrected chi connectivity index (χ3v) is 3.87. The van der Waals surface area contributed by atoms with Crippen LogP contribution in [0.5, 0.6) is 0 Å². The van der Waals surface area contributed by atoms with Gasteiger partial charge in [-0.25, -0.2) is 0 Å². The van der Waals surface area contributed by atoms with Gasteiger partial charge in [0.1, 0.15) is 0 Å². The lowest BCUT2D eigenvalue weighted by atomic mass is 10.1. The fourth-order valence-corrected chi connectivity index (χ4v) is 2.42. The fraction of sp³-hybridized carbons (Fsp3) is 0.111. The second-order valence-electron chi connectivity index (χ2n) is 5.37. The van der Waals surface area contributed by atoms with Crippen molar-refractivity contribution in [3.05, 3.63) is 70.9 Å². The summed E-state index contributed by atoms with van der Waals surface area (Å²) >= 11 is 6.14. The van der Waals surface area contributed by atoms with Crippen molar-refractivity contribution in [2.75, 3.05) is 10.6 Å². The Balaban J connectivity index is 1.70. The molecule has 25 heavy (non-hydrogen) atoms. The van der Waals surface area contributed by atoms with Gasteiger partial charge in [0, 0.05) is 22.8 Å². The van der Waals surface area contributed by atoms with Gasteiger partial charge in [-0.05, 0) is 30.7 Å². The van der Waals surface area contributed by atoms with E-state index >= 15 is 0 Å². The van der Waals surface area contributed by atoms with Gasteiger partial charge in [0.25, 0.3) is 0 Å². The van der Waals surface area contributed by atoms with Crippen LogP contribution in [0.25, 0.3) is 0 Å². The number of halogens is 1. The first-order valence-electron chi connectivity index (χ1n) is 7.67. The van der Waals surface area contributed by atoms with Crippen molar-refractivity contribution in [3.8, 4) is 0 Å². The molecule has 3 aromatic rings. The van der Waals surface area contributed by atoms with E-state index in [1.165, 1.54) is 13.1 Å². The minimum atomic E-state index is -0.00199. The number of Topliss-reactive ketones (excluding diaryl/α,β-unsaturated/α-hetero) is 1. The first-order valence-corrected chi connectivity index (χ1v) is 8.04. The quantitative estimate of drug-likeness (QED) is 0.650. The molecule has 0 fully saturated rings. The summed E-state index contributed by atoms with van der Waals surface area (Å²) in [6.07, 6.45) is 1.54. The predicted molar refractivity (Wildman–Crippen MR) is 98.3 cm³/mol. The maximum absolute atomic E-state index is 11.5. The number of nitrogens with one attached hydrogen (secondary N) is 2. The van der Waals surface area contributed by atoms with Gasteiger partial charge in [-0.3, -0.25) is 4.79 Å². The SMILES string of the molecule is CC(=O)c1cccc(Nc2nncc(NCc3ccccc3Cl)n2)c1. The van der Waals surface area contributed by atoms with E-state index in [2.05, 4.69) is 25.8 Å². The van der Waals surface area contributed by atoms with Crippen LogP contribution in [0.1, 0.15) is 22.8 Å². The minimum Gasteiger partial charge on any atom is -0.364 e. The molecule has 0 aliphatic carbocycles. The molecule has 0 saturated heterocycles. The zero-order valence-corrected chi connectivity index (χ0v) is 14.3. The molecule has 0 spiro atoms. The average molecular weight is 354 g/mol. The summed E-state index contributed by atoms with van der Waals surface area (Å²) in [4.78, 5) is 15.8. The number of benzene rings is 2. The third kappa shape index (κ3) is 4.51. The third-order valence-electron chi connectivity index (χ3n) is 3.50. The molecule has 3 rings (SSSR count). The van der Waals surface area contributed by atoms with Crippen LogP contribution in [0.2, 0.25) is 5.02 Å². The zero-order valence-electron chi connectivity index (χ0n) is 13.5. The van der Waals surface area contributed by atoms with Gasteiger partial charge in [0.2, 0.25) is 5.95 Å². The second kappa shape index (κ2) is 7.72. The molecule has 2 N–H and O–H groups in total. The molecule has 7 heteroatoms. The van der Waals surface area contributed by atoms with E-state index in [0.29, 0.717) is 28.9 Å². The van der Waals surface area contributed by atoms with Crippen LogP contribution in [-0.4, -0.2) is 21.0 Å². The number of aromatic nitrogens is 3. The predicted octanol–water partition coefficient (Wildman–Crippen LogP) is 4.08. The lowest BCUT2D eigenvalue weighted by Crippen LogP contribution is -2.06. The molecule has 0 amide bonds. The van der Waals surface area contributed by atoms with Gasteiger partial charge in [-0.2, -0.15) is 10.1 Å². The second-order valence-corrected chi connectivity index (χ2v) is 5.78. The lowest BCUT2D eigenvalue weighted by Gasteiger charge is -2.09. The fourth-order valence-electron chi connectivity index (χ4n) is 2.21. The summed E-state index contributed by atoms with van der Waals surface area (Å²) in [6.45, 7) is 2.05. The normalized spacial score (nSPS) is 10.3. The summed E-state index contributed by atoms with van der Waals surface area (Å²) in [5, 5.41) is 14.8. The molecule has 0 aliphatic heterocycles. The first-order chi connectivity index (χ1) is 12.1. The molecular weight excluding hydrogens is 338 g/mol. The summed E-state index contributed by atoms with van der Waals surface area (Å²) in [6, 6.07) is 14.7. The van der Waals surface area contributed by atoms with E-state index in [1.807, 2.05) is 30.3 Å². The Morgan fingerprint density at radius 2 is 2.00 bits per heavy atom. The van der Waals surface area contributed by atoms with Crippen LogP contribution in [-0.2, 0) is 6.54 Å². The van der Waals surface area contributed by atoms with Crippen molar-refractivity contribution < 1.29 is 4.79 Å². The number of ketones is 1. The van der Waals surface area contributed by atoms with E-state index in [-0.39, 0.29) is 5.78 Å². The maximum atomic E-state index is 11.5. The highest BCUT2D eigenvalue weighted by Crippen LogP contribution is 2.18. The molecule has 0 atom stereocenters. The van der Waals surface area contributed by atoms with Gasteiger partial charge >= 0.3 is 0 Å². The first kappa shape index (κ1) is 16.9. The summed E-state index contributed by atoms with van der Waals surface area (Å²) < 4.78 is 0. The molecule has 126 valence electrons. The number of carbonyl (C=O) groups is 1. The largest absolute Gasteiger partial charge is 0.364 e. The van der Waals surface area contributed by atoms with E-state index in [0.717, 1.165) is 11.3 Å². The topological polar surface area (TPSA) is 79.8 Å². The number of hydrogen-bond donors (Lipinski definition) is 2. The summed E-state index contributed by atoms with van der Waals surface area (Å²) in [5.74, 6) is 0.905. The molecule has 0 aliphatic rings. The Hall–Kier alpha value is -2.99. The number of carbonyl (C=O) groups excluding carboxylic acids is 1. The van der Waals surface area contributed by atoms with Gasteiger partial charge in [-0.15, -0.1) is 5.10 Å². The lowest BCUT2D eigenvalue weighted by molar-refractivity contribution is 0.101.